The molecule has 6 nitrogen and oxygen atoms in total. The molecule has 0 fully saturated rings. The zero-order valence-electron chi connectivity index (χ0n) is 18.6. The third-order valence-corrected chi connectivity index (χ3v) is 5.36. The van der Waals surface area contributed by atoms with Gasteiger partial charge in [0.1, 0.15) is 18.1 Å². The molecule has 0 amide bonds. The minimum absolute atomic E-state index is 0.562. The van der Waals surface area contributed by atoms with Crippen molar-refractivity contribution in [2.75, 3.05) is 32.6 Å². The molecule has 3 aromatic heterocycles. The molecule has 3 heterocycles. The normalized spacial score (nSPS) is 11.2. The molecule has 2 aromatic carbocycles. The van der Waals surface area contributed by atoms with Gasteiger partial charge < -0.3 is 23.8 Å². The van der Waals surface area contributed by atoms with E-state index in [1.807, 2.05) is 74.8 Å². The van der Waals surface area contributed by atoms with Crippen LogP contribution in [0.4, 0.5) is 11.6 Å². The van der Waals surface area contributed by atoms with Crippen LogP contribution in [0.25, 0.3) is 33.6 Å². The number of furan rings is 2. The summed E-state index contributed by atoms with van der Waals surface area (Å²) in [4.78, 5) is 6.60. The zero-order valence-corrected chi connectivity index (χ0v) is 18.6. The first kappa shape index (κ1) is 20.8. The van der Waals surface area contributed by atoms with Crippen LogP contribution in [0, 0.1) is 0 Å². The summed E-state index contributed by atoms with van der Waals surface area (Å²) in [5, 5.41) is 4.26. The Balaban J connectivity index is 1.59. The van der Waals surface area contributed by atoms with Gasteiger partial charge in [-0.05, 0) is 56.1 Å². The van der Waals surface area contributed by atoms with Crippen molar-refractivity contribution < 1.29 is 13.6 Å². The van der Waals surface area contributed by atoms with Crippen molar-refractivity contribution in [1.29, 1.82) is 0 Å². The smallest absolute Gasteiger partial charge is 0.229 e. The van der Waals surface area contributed by atoms with Gasteiger partial charge in [-0.1, -0.05) is 30.3 Å². The number of rotatable bonds is 8. The van der Waals surface area contributed by atoms with Gasteiger partial charge in [-0.25, -0.2) is 4.98 Å². The van der Waals surface area contributed by atoms with Crippen molar-refractivity contribution in [3.05, 3.63) is 85.3 Å². The van der Waals surface area contributed by atoms with E-state index in [2.05, 4.69) is 27.3 Å². The van der Waals surface area contributed by atoms with Crippen LogP contribution < -0.4 is 10.1 Å². The lowest BCUT2D eigenvalue weighted by molar-refractivity contribution is 0.261. The van der Waals surface area contributed by atoms with E-state index in [4.69, 9.17) is 13.6 Å². The molecule has 0 spiro atoms. The molecule has 0 aliphatic carbocycles. The summed E-state index contributed by atoms with van der Waals surface area (Å²) < 4.78 is 17.7. The number of likely N-dealkylation sites (N-methyl/N-ethyl adjacent to an activating group) is 1. The lowest BCUT2D eigenvalue weighted by Gasteiger charge is -2.11. The fourth-order valence-corrected chi connectivity index (χ4v) is 3.74. The molecule has 0 unspecified atom stereocenters. The maximum atomic E-state index is 6.32. The van der Waals surface area contributed by atoms with Crippen LogP contribution in [0.2, 0.25) is 0 Å². The molecule has 0 aliphatic heterocycles. The maximum absolute atomic E-state index is 6.32. The second-order valence-electron chi connectivity index (χ2n) is 7.99. The van der Waals surface area contributed by atoms with E-state index >= 15 is 0 Å². The van der Waals surface area contributed by atoms with Crippen molar-refractivity contribution in [2.45, 2.75) is 0 Å². The number of benzene rings is 2. The minimum atomic E-state index is 0.562. The van der Waals surface area contributed by atoms with Crippen LogP contribution in [0.15, 0.2) is 94.1 Å². The fraction of sp³-hybridized carbons (Fsp3) is 0.148. The average Bonchev–Trinajstić information content (AvgIpc) is 3.48. The fourth-order valence-electron chi connectivity index (χ4n) is 3.74. The van der Waals surface area contributed by atoms with Crippen molar-refractivity contribution >= 4 is 22.7 Å². The highest BCUT2D eigenvalue weighted by molar-refractivity contribution is 6.07. The summed E-state index contributed by atoms with van der Waals surface area (Å²) in [5.74, 6) is 2.25. The number of aromatic nitrogens is 1. The lowest BCUT2D eigenvalue weighted by atomic mass is 9.98. The number of pyridine rings is 1. The van der Waals surface area contributed by atoms with Crippen LogP contribution in [0.1, 0.15) is 0 Å². The number of fused-ring (bicyclic) bond motifs is 1. The number of ether oxygens (including phenoxy) is 1. The van der Waals surface area contributed by atoms with Crippen molar-refractivity contribution in [1.82, 2.24) is 9.88 Å². The quantitative estimate of drug-likeness (QED) is 0.300. The average molecular weight is 440 g/mol. The number of hydrogen-bond donors (Lipinski definition) is 1. The largest absolute Gasteiger partial charge is 0.492 e. The molecule has 5 aromatic rings. The first-order valence-corrected chi connectivity index (χ1v) is 10.8. The lowest BCUT2D eigenvalue weighted by Crippen LogP contribution is -2.19. The Kier molecular flexibility index (Phi) is 5.83. The summed E-state index contributed by atoms with van der Waals surface area (Å²) in [6.07, 6.45) is 3.37. The molecule has 1 N–H and O–H groups in total. The van der Waals surface area contributed by atoms with E-state index in [1.54, 1.807) is 12.5 Å². The van der Waals surface area contributed by atoms with Gasteiger partial charge in [-0.2, -0.15) is 0 Å². The van der Waals surface area contributed by atoms with E-state index in [0.29, 0.717) is 18.2 Å². The van der Waals surface area contributed by atoms with Crippen LogP contribution >= 0.6 is 0 Å². The van der Waals surface area contributed by atoms with Crippen molar-refractivity contribution in [2.24, 2.45) is 0 Å². The Morgan fingerprint density at radius 1 is 0.909 bits per heavy atom. The predicted molar refractivity (Wildman–Crippen MR) is 131 cm³/mol. The molecular formula is C27H25N3O3. The molecule has 5 rings (SSSR count). The molecule has 0 saturated carbocycles. The highest BCUT2D eigenvalue weighted by atomic mass is 16.5. The van der Waals surface area contributed by atoms with Crippen LogP contribution in [0.5, 0.6) is 5.75 Å². The van der Waals surface area contributed by atoms with E-state index in [0.717, 1.165) is 45.8 Å². The Labute approximate surface area is 192 Å². The summed E-state index contributed by atoms with van der Waals surface area (Å²) in [6.45, 7) is 1.50. The van der Waals surface area contributed by atoms with Gasteiger partial charge in [-0.3, -0.25) is 0 Å². The number of nitrogens with zero attached hydrogens (tertiary/aromatic N) is 2. The monoisotopic (exact) mass is 439 g/mol. The second kappa shape index (κ2) is 9.22. The van der Waals surface area contributed by atoms with Gasteiger partial charge in [0.25, 0.3) is 0 Å². The molecule has 0 radical (unpaired) electrons. The standard InChI is InChI=1S/C27H25N3O3/c1-30(2)16-18-31-21-12-10-20(11-13-21)26-24(19-7-4-3-5-8-19)25-22(14-15-28-27(25)33-26)29-23-9-6-17-32-23/h3-15,17H,16,18H2,1-2H3,(H,28,29). The Bertz CT molecular complexity index is 1320. The molecule has 0 bridgehead atoms. The highest BCUT2D eigenvalue weighted by Crippen LogP contribution is 2.43. The SMILES string of the molecule is CN(C)CCOc1ccc(-c2oc3nccc(Nc4ccco4)c3c2-c2ccccc2)cc1. The van der Waals surface area contributed by atoms with E-state index < -0.39 is 0 Å². The summed E-state index contributed by atoms with van der Waals surface area (Å²) in [7, 11) is 4.06. The third kappa shape index (κ3) is 4.47. The summed E-state index contributed by atoms with van der Waals surface area (Å²) in [6, 6.07) is 23.9. The van der Waals surface area contributed by atoms with Gasteiger partial charge in [0.2, 0.25) is 5.71 Å². The van der Waals surface area contributed by atoms with Gasteiger partial charge in [0.05, 0.1) is 17.3 Å². The van der Waals surface area contributed by atoms with Gasteiger partial charge in [0.15, 0.2) is 5.88 Å². The van der Waals surface area contributed by atoms with Gasteiger partial charge >= 0.3 is 0 Å². The number of hydrogen-bond acceptors (Lipinski definition) is 6. The van der Waals surface area contributed by atoms with Crippen LogP contribution in [-0.4, -0.2) is 37.1 Å². The molecule has 0 aliphatic rings. The topological polar surface area (TPSA) is 63.7 Å². The zero-order chi connectivity index (χ0) is 22.6. The van der Waals surface area contributed by atoms with Crippen molar-refractivity contribution in [3.8, 4) is 28.2 Å². The van der Waals surface area contributed by atoms with Crippen molar-refractivity contribution in [3.63, 3.8) is 0 Å². The molecule has 166 valence electrons. The highest BCUT2D eigenvalue weighted by Gasteiger charge is 2.21. The minimum Gasteiger partial charge on any atom is -0.492 e. The van der Waals surface area contributed by atoms with E-state index in [-0.39, 0.29) is 0 Å². The number of anilines is 2. The molecule has 33 heavy (non-hydrogen) atoms. The molecular weight excluding hydrogens is 414 g/mol. The second-order valence-corrected chi connectivity index (χ2v) is 7.99. The first-order valence-electron chi connectivity index (χ1n) is 10.8. The summed E-state index contributed by atoms with van der Waals surface area (Å²) >= 11 is 0. The third-order valence-electron chi connectivity index (χ3n) is 5.36. The Morgan fingerprint density at radius 3 is 2.45 bits per heavy atom. The first-order chi connectivity index (χ1) is 16.2. The summed E-state index contributed by atoms with van der Waals surface area (Å²) in [5.41, 5.74) is 4.41. The molecule has 0 atom stereocenters. The predicted octanol–water partition coefficient (Wildman–Crippen LogP) is 6.44. The molecule has 0 saturated heterocycles. The number of nitrogens with one attached hydrogen (secondary N) is 1. The van der Waals surface area contributed by atoms with E-state index in [9.17, 15) is 0 Å². The van der Waals surface area contributed by atoms with Crippen LogP contribution in [0.3, 0.4) is 0 Å². The van der Waals surface area contributed by atoms with Crippen LogP contribution in [-0.2, 0) is 0 Å². The van der Waals surface area contributed by atoms with Gasteiger partial charge in [0, 0.05) is 29.9 Å². The van der Waals surface area contributed by atoms with Gasteiger partial charge in [-0.15, -0.1) is 0 Å². The molecule has 6 heteroatoms. The Hall–Kier alpha value is -4.03. The van der Waals surface area contributed by atoms with E-state index in [1.165, 1.54) is 0 Å². The Morgan fingerprint density at radius 2 is 1.73 bits per heavy atom. The maximum Gasteiger partial charge on any atom is 0.229 e.